The Balaban J connectivity index is 2.33. The van der Waals surface area contributed by atoms with Gasteiger partial charge in [-0.15, -0.1) is 11.3 Å². The van der Waals surface area contributed by atoms with Crippen molar-refractivity contribution in [1.82, 2.24) is 10.3 Å². The summed E-state index contributed by atoms with van der Waals surface area (Å²) in [5, 5.41) is 5.87. The first-order valence-corrected chi connectivity index (χ1v) is 6.81. The van der Waals surface area contributed by atoms with Crippen molar-refractivity contribution in [2.75, 3.05) is 6.54 Å². The van der Waals surface area contributed by atoms with Crippen LogP contribution in [0.2, 0.25) is 0 Å². The summed E-state index contributed by atoms with van der Waals surface area (Å²) in [6, 6.07) is -0.404. The van der Waals surface area contributed by atoms with Crippen molar-refractivity contribution in [3.8, 4) is 0 Å². The Kier molecular flexibility index (Phi) is 5.58. The number of thiazole rings is 1. The van der Waals surface area contributed by atoms with Gasteiger partial charge in [0.2, 0.25) is 5.91 Å². The van der Waals surface area contributed by atoms with Gasteiger partial charge in [0, 0.05) is 24.0 Å². The Bertz CT molecular complexity index is 338. The average molecular weight is 255 g/mol. The molecular formula is C12H21N3OS. The lowest BCUT2D eigenvalue weighted by molar-refractivity contribution is -0.122. The van der Waals surface area contributed by atoms with Gasteiger partial charge in [0.1, 0.15) is 0 Å². The smallest absolute Gasteiger partial charge is 0.236 e. The van der Waals surface area contributed by atoms with Gasteiger partial charge >= 0.3 is 0 Å². The molecule has 0 saturated carbocycles. The molecule has 0 fully saturated rings. The van der Waals surface area contributed by atoms with E-state index in [1.165, 1.54) is 0 Å². The van der Waals surface area contributed by atoms with Gasteiger partial charge in [0.05, 0.1) is 11.0 Å². The molecule has 0 radical (unpaired) electrons. The Morgan fingerprint density at radius 1 is 1.53 bits per heavy atom. The van der Waals surface area contributed by atoms with Gasteiger partial charge in [0.25, 0.3) is 0 Å². The number of hydrogen-bond acceptors (Lipinski definition) is 4. The second-order valence-electron chi connectivity index (χ2n) is 4.75. The number of hydrogen-bond donors (Lipinski definition) is 2. The molecule has 5 heteroatoms. The van der Waals surface area contributed by atoms with Gasteiger partial charge in [-0.25, -0.2) is 4.98 Å². The quantitative estimate of drug-likeness (QED) is 0.813. The average Bonchev–Trinajstić information content (AvgIpc) is 2.77. The van der Waals surface area contributed by atoms with Crippen LogP contribution in [0.1, 0.15) is 38.1 Å². The minimum absolute atomic E-state index is 0.0675. The monoisotopic (exact) mass is 255 g/mol. The number of nitrogens with two attached hydrogens (primary N) is 1. The predicted octanol–water partition coefficient (Wildman–Crippen LogP) is 1.74. The highest BCUT2D eigenvalue weighted by atomic mass is 32.1. The van der Waals surface area contributed by atoms with Crippen LogP contribution in [-0.4, -0.2) is 23.5 Å². The van der Waals surface area contributed by atoms with Crippen molar-refractivity contribution >= 4 is 17.2 Å². The van der Waals surface area contributed by atoms with Crippen LogP contribution in [-0.2, 0) is 4.79 Å². The largest absolute Gasteiger partial charge is 0.354 e. The van der Waals surface area contributed by atoms with Crippen LogP contribution >= 0.6 is 11.3 Å². The first-order valence-electron chi connectivity index (χ1n) is 5.93. The van der Waals surface area contributed by atoms with Gasteiger partial charge in [-0.3, -0.25) is 4.79 Å². The van der Waals surface area contributed by atoms with E-state index in [2.05, 4.69) is 24.1 Å². The van der Waals surface area contributed by atoms with Crippen LogP contribution in [0.5, 0.6) is 0 Å². The third kappa shape index (κ3) is 4.83. The summed E-state index contributed by atoms with van der Waals surface area (Å²) in [7, 11) is 0. The van der Waals surface area contributed by atoms with E-state index in [0.29, 0.717) is 12.5 Å². The third-order valence-corrected chi connectivity index (χ3v) is 3.52. The van der Waals surface area contributed by atoms with Crippen LogP contribution in [0.15, 0.2) is 11.6 Å². The normalized spacial score (nSPS) is 14.6. The van der Waals surface area contributed by atoms with E-state index in [0.717, 1.165) is 11.4 Å². The number of nitrogens with one attached hydrogen (secondary N) is 1. The first kappa shape index (κ1) is 14.1. The lowest BCUT2D eigenvalue weighted by Crippen LogP contribution is -2.42. The van der Waals surface area contributed by atoms with E-state index in [1.807, 2.05) is 12.3 Å². The minimum atomic E-state index is -0.404. The summed E-state index contributed by atoms with van der Waals surface area (Å²) < 4.78 is 0. The molecule has 3 N–H and O–H groups in total. The molecule has 0 aromatic carbocycles. The standard InChI is InChI=1S/C12H21N3OS/c1-8(2)6-10(13)11(16)15-7-9(3)12-14-4-5-17-12/h4-5,8-10H,6-7,13H2,1-3H3,(H,15,16)/t9?,10-/m0/s1. The Labute approximate surface area is 107 Å². The Hall–Kier alpha value is -0.940. The fraction of sp³-hybridized carbons (Fsp3) is 0.667. The highest BCUT2D eigenvalue weighted by Gasteiger charge is 2.16. The third-order valence-electron chi connectivity index (χ3n) is 2.52. The number of nitrogens with zero attached hydrogens (tertiary/aromatic N) is 1. The van der Waals surface area contributed by atoms with Crippen LogP contribution in [0.25, 0.3) is 0 Å². The molecule has 17 heavy (non-hydrogen) atoms. The molecule has 1 aromatic heterocycles. The molecule has 1 rings (SSSR count). The molecule has 0 saturated heterocycles. The summed E-state index contributed by atoms with van der Waals surface area (Å²) in [5.41, 5.74) is 5.80. The second kappa shape index (κ2) is 6.71. The maximum absolute atomic E-state index is 11.7. The molecular weight excluding hydrogens is 234 g/mol. The summed E-state index contributed by atoms with van der Waals surface area (Å²) in [6.07, 6.45) is 2.50. The number of rotatable bonds is 6. The van der Waals surface area contributed by atoms with Crippen molar-refractivity contribution in [2.45, 2.75) is 39.2 Å². The minimum Gasteiger partial charge on any atom is -0.354 e. The number of carbonyl (C=O) groups is 1. The van der Waals surface area contributed by atoms with Crippen LogP contribution in [0, 0.1) is 5.92 Å². The Morgan fingerprint density at radius 2 is 2.24 bits per heavy atom. The van der Waals surface area contributed by atoms with Crippen LogP contribution in [0.3, 0.4) is 0 Å². The zero-order chi connectivity index (χ0) is 12.8. The summed E-state index contributed by atoms with van der Waals surface area (Å²) in [5.74, 6) is 0.611. The topological polar surface area (TPSA) is 68.0 Å². The van der Waals surface area contributed by atoms with E-state index in [-0.39, 0.29) is 11.8 Å². The fourth-order valence-electron chi connectivity index (χ4n) is 1.56. The van der Waals surface area contributed by atoms with Crippen molar-refractivity contribution < 1.29 is 4.79 Å². The van der Waals surface area contributed by atoms with Crippen LogP contribution < -0.4 is 11.1 Å². The SMILES string of the molecule is CC(C)C[C@H](N)C(=O)NCC(C)c1nccs1. The van der Waals surface area contributed by atoms with Crippen LogP contribution in [0.4, 0.5) is 0 Å². The van der Waals surface area contributed by atoms with E-state index >= 15 is 0 Å². The van der Waals surface area contributed by atoms with E-state index in [1.54, 1.807) is 17.5 Å². The lowest BCUT2D eigenvalue weighted by atomic mass is 10.0. The van der Waals surface area contributed by atoms with Gasteiger partial charge in [-0.1, -0.05) is 20.8 Å². The van der Waals surface area contributed by atoms with E-state index in [9.17, 15) is 4.79 Å². The maximum Gasteiger partial charge on any atom is 0.236 e. The summed E-state index contributed by atoms with van der Waals surface area (Å²) in [6.45, 7) is 6.77. The maximum atomic E-state index is 11.7. The van der Waals surface area contributed by atoms with Crippen molar-refractivity contribution in [2.24, 2.45) is 11.7 Å². The molecule has 1 heterocycles. The van der Waals surface area contributed by atoms with Gasteiger partial charge in [0.15, 0.2) is 0 Å². The van der Waals surface area contributed by atoms with Gasteiger partial charge < -0.3 is 11.1 Å². The predicted molar refractivity (Wildman–Crippen MR) is 71.0 cm³/mol. The molecule has 0 aliphatic carbocycles. The molecule has 1 amide bonds. The molecule has 0 bridgehead atoms. The van der Waals surface area contributed by atoms with E-state index < -0.39 is 6.04 Å². The van der Waals surface area contributed by atoms with Crippen molar-refractivity contribution in [3.05, 3.63) is 16.6 Å². The molecule has 96 valence electrons. The highest BCUT2D eigenvalue weighted by Crippen LogP contribution is 2.16. The zero-order valence-corrected chi connectivity index (χ0v) is 11.5. The van der Waals surface area contributed by atoms with Gasteiger partial charge in [-0.2, -0.15) is 0 Å². The molecule has 2 atom stereocenters. The molecule has 0 aliphatic rings. The molecule has 0 aliphatic heterocycles. The summed E-state index contributed by atoms with van der Waals surface area (Å²) >= 11 is 1.61. The van der Waals surface area contributed by atoms with Crippen molar-refractivity contribution in [3.63, 3.8) is 0 Å². The Morgan fingerprint density at radius 3 is 2.76 bits per heavy atom. The lowest BCUT2D eigenvalue weighted by Gasteiger charge is -2.15. The summed E-state index contributed by atoms with van der Waals surface area (Å²) in [4.78, 5) is 15.9. The second-order valence-corrected chi connectivity index (χ2v) is 5.68. The molecule has 4 nitrogen and oxygen atoms in total. The molecule has 0 spiro atoms. The number of carbonyl (C=O) groups excluding carboxylic acids is 1. The fourth-order valence-corrected chi connectivity index (χ4v) is 2.26. The number of aromatic nitrogens is 1. The van der Waals surface area contributed by atoms with E-state index in [4.69, 9.17) is 5.73 Å². The highest BCUT2D eigenvalue weighted by molar-refractivity contribution is 7.09. The molecule has 1 unspecified atom stereocenters. The van der Waals surface area contributed by atoms with Crippen molar-refractivity contribution in [1.29, 1.82) is 0 Å². The zero-order valence-electron chi connectivity index (χ0n) is 10.6. The number of amides is 1. The first-order chi connectivity index (χ1) is 8.00. The molecule has 1 aromatic rings. The van der Waals surface area contributed by atoms with Gasteiger partial charge in [-0.05, 0) is 12.3 Å².